The topological polar surface area (TPSA) is 44.4 Å². The Hall–Kier alpha value is -0.0300. The number of hydrogen-bond acceptors (Lipinski definition) is 3. The maximum Gasteiger partial charge on any atom is 0.220 e. The summed E-state index contributed by atoms with van der Waals surface area (Å²) < 4.78 is 0. The molecular weight excluding hydrogens is 333 g/mol. The van der Waals surface area contributed by atoms with Gasteiger partial charge < -0.3 is 15.5 Å². The third-order valence-electron chi connectivity index (χ3n) is 5.27. The van der Waals surface area contributed by atoms with Crippen molar-refractivity contribution in [1.29, 1.82) is 0 Å². The zero-order valence-corrected chi connectivity index (χ0v) is 16.2. The second-order valence-electron chi connectivity index (χ2n) is 6.75. The third kappa shape index (κ3) is 9.13. The highest BCUT2D eigenvalue weighted by atomic mass is 35.5. The molecule has 0 aromatic carbocycles. The molecule has 0 aromatic rings. The van der Waals surface area contributed by atoms with Gasteiger partial charge in [-0.25, -0.2) is 0 Å². The lowest BCUT2D eigenvalue weighted by Gasteiger charge is -2.31. The molecule has 0 radical (unpaired) electrons. The van der Waals surface area contributed by atoms with Crippen molar-refractivity contribution in [2.75, 3.05) is 39.3 Å². The van der Waals surface area contributed by atoms with E-state index in [9.17, 15) is 4.79 Å². The van der Waals surface area contributed by atoms with Crippen LogP contribution in [0.15, 0.2) is 0 Å². The van der Waals surface area contributed by atoms with E-state index in [0.29, 0.717) is 0 Å². The second kappa shape index (κ2) is 13.3. The van der Waals surface area contributed by atoms with Crippen molar-refractivity contribution in [2.45, 2.75) is 51.9 Å². The average molecular weight is 368 g/mol. The van der Waals surface area contributed by atoms with Gasteiger partial charge in [-0.3, -0.25) is 4.79 Å². The minimum Gasteiger partial charge on any atom is -0.356 e. The van der Waals surface area contributed by atoms with Crippen LogP contribution in [-0.2, 0) is 4.79 Å². The number of likely N-dealkylation sites (tertiary alicyclic amines) is 1. The summed E-state index contributed by atoms with van der Waals surface area (Å²) in [6.45, 7) is 9.03. The zero-order valence-electron chi connectivity index (χ0n) is 14.5. The lowest BCUT2D eigenvalue weighted by atomic mass is 9.92. The van der Waals surface area contributed by atoms with Crippen LogP contribution < -0.4 is 10.6 Å². The van der Waals surface area contributed by atoms with E-state index in [1.165, 1.54) is 45.3 Å². The van der Waals surface area contributed by atoms with E-state index in [2.05, 4.69) is 22.5 Å². The van der Waals surface area contributed by atoms with Crippen LogP contribution in [0.2, 0.25) is 0 Å². The maximum atomic E-state index is 11.9. The molecule has 2 aliphatic rings. The molecule has 23 heavy (non-hydrogen) atoms. The minimum atomic E-state index is 0. The summed E-state index contributed by atoms with van der Waals surface area (Å²) in [6.07, 6.45) is 8.04. The van der Waals surface area contributed by atoms with Crippen molar-refractivity contribution >= 4 is 30.7 Å². The van der Waals surface area contributed by atoms with Gasteiger partial charge in [-0.15, -0.1) is 24.8 Å². The van der Waals surface area contributed by atoms with E-state index in [4.69, 9.17) is 0 Å². The molecule has 6 heteroatoms. The number of halogens is 2. The van der Waals surface area contributed by atoms with Crippen molar-refractivity contribution in [3.05, 3.63) is 0 Å². The lowest BCUT2D eigenvalue weighted by molar-refractivity contribution is -0.121. The summed E-state index contributed by atoms with van der Waals surface area (Å²) in [7, 11) is 0. The predicted octanol–water partition coefficient (Wildman–Crippen LogP) is 2.85. The van der Waals surface area contributed by atoms with Gasteiger partial charge >= 0.3 is 0 Å². The first kappa shape index (κ1) is 23.0. The average Bonchev–Trinajstić information content (AvgIpc) is 2.54. The van der Waals surface area contributed by atoms with Gasteiger partial charge in [-0.05, 0) is 83.1 Å². The van der Waals surface area contributed by atoms with Crippen LogP contribution in [0.25, 0.3) is 0 Å². The quantitative estimate of drug-likeness (QED) is 0.726. The Balaban J connectivity index is 0.00000242. The maximum absolute atomic E-state index is 11.9. The van der Waals surface area contributed by atoms with Crippen LogP contribution in [-0.4, -0.2) is 50.1 Å². The summed E-state index contributed by atoms with van der Waals surface area (Å²) in [5, 5.41) is 6.50. The summed E-state index contributed by atoms with van der Waals surface area (Å²) in [5.41, 5.74) is 0. The zero-order chi connectivity index (χ0) is 14.9. The molecule has 0 bridgehead atoms. The molecule has 0 unspecified atom stereocenters. The van der Waals surface area contributed by atoms with Gasteiger partial charge in [-0.2, -0.15) is 0 Å². The number of nitrogens with zero attached hydrogens (tertiary/aromatic N) is 1. The largest absolute Gasteiger partial charge is 0.356 e. The highest BCUT2D eigenvalue weighted by molar-refractivity contribution is 5.85. The molecule has 2 aliphatic heterocycles. The van der Waals surface area contributed by atoms with E-state index in [0.717, 1.165) is 50.7 Å². The molecule has 4 nitrogen and oxygen atoms in total. The van der Waals surface area contributed by atoms with Crippen molar-refractivity contribution < 1.29 is 4.79 Å². The summed E-state index contributed by atoms with van der Waals surface area (Å²) in [6, 6.07) is 0. The van der Waals surface area contributed by atoms with E-state index in [-0.39, 0.29) is 30.7 Å². The van der Waals surface area contributed by atoms with Gasteiger partial charge in [-0.1, -0.05) is 6.92 Å². The van der Waals surface area contributed by atoms with Crippen LogP contribution in [0.5, 0.6) is 0 Å². The number of hydrogen-bond donors (Lipinski definition) is 2. The lowest BCUT2D eigenvalue weighted by Crippen LogP contribution is -2.35. The van der Waals surface area contributed by atoms with Gasteiger partial charge in [0.1, 0.15) is 0 Å². The summed E-state index contributed by atoms with van der Waals surface area (Å²) >= 11 is 0. The highest BCUT2D eigenvalue weighted by Gasteiger charge is 2.18. The molecule has 0 aromatic heterocycles. The minimum absolute atomic E-state index is 0. The Labute approximate surface area is 154 Å². The first-order chi connectivity index (χ1) is 10.3. The predicted molar refractivity (Wildman–Crippen MR) is 102 cm³/mol. The molecule has 0 atom stereocenters. The summed E-state index contributed by atoms with van der Waals surface area (Å²) in [4.78, 5) is 14.4. The Kier molecular flexibility index (Phi) is 13.3. The van der Waals surface area contributed by atoms with Gasteiger partial charge in [0.2, 0.25) is 5.91 Å². The number of rotatable bonds is 7. The smallest absolute Gasteiger partial charge is 0.220 e. The molecule has 2 saturated heterocycles. The Bertz CT molecular complexity index is 304. The molecule has 2 rings (SSSR count). The Morgan fingerprint density at radius 2 is 1.65 bits per heavy atom. The Morgan fingerprint density at radius 3 is 2.26 bits per heavy atom. The molecule has 1 amide bonds. The number of carbonyl (C=O) groups excluding carboxylic acids is 1. The first-order valence-electron chi connectivity index (χ1n) is 8.97. The van der Waals surface area contributed by atoms with E-state index < -0.39 is 0 Å². The normalized spacial score (nSPS) is 20.4. The van der Waals surface area contributed by atoms with E-state index in [1.807, 2.05) is 0 Å². The van der Waals surface area contributed by atoms with Crippen molar-refractivity contribution in [2.24, 2.45) is 11.8 Å². The van der Waals surface area contributed by atoms with Crippen LogP contribution in [0, 0.1) is 11.8 Å². The van der Waals surface area contributed by atoms with E-state index >= 15 is 0 Å². The van der Waals surface area contributed by atoms with Crippen LogP contribution in [0.1, 0.15) is 51.9 Å². The summed E-state index contributed by atoms with van der Waals surface area (Å²) in [5.74, 6) is 1.84. The van der Waals surface area contributed by atoms with Crippen LogP contribution >= 0.6 is 24.8 Å². The fourth-order valence-corrected chi connectivity index (χ4v) is 3.60. The van der Waals surface area contributed by atoms with E-state index in [1.54, 1.807) is 0 Å². The highest BCUT2D eigenvalue weighted by Crippen LogP contribution is 2.20. The van der Waals surface area contributed by atoms with Crippen LogP contribution in [0.3, 0.4) is 0 Å². The first-order valence-corrected chi connectivity index (χ1v) is 8.97. The standard InChI is InChI=1S/C17H33N3O.2ClH/c1-2-20-13-8-16(9-14-20)7-12-19-17(21)4-3-15-5-10-18-11-6-15;;/h15-16,18H,2-14H2,1H3,(H,19,21);2*1H. The molecule has 2 heterocycles. The number of piperidine rings is 2. The molecular formula is C17H35Cl2N3O. The monoisotopic (exact) mass is 367 g/mol. The number of amides is 1. The molecule has 2 N–H and O–H groups in total. The Morgan fingerprint density at radius 1 is 1.04 bits per heavy atom. The van der Waals surface area contributed by atoms with Crippen molar-refractivity contribution in [3.8, 4) is 0 Å². The van der Waals surface area contributed by atoms with Crippen LogP contribution in [0.4, 0.5) is 0 Å². The SMILES string of the molecule is CCN1CCC(CCNC(=O)CCC2CCNCC2)CC1.Cl.Cl. The van der Waals surface area contributed by atoms with Gasteiger partial charge in [0, 0.05) is 13.0 Å². The van der Waals surface area contributed by atoms with Gasteiger partial charge in [0.15, 0.2) is 0 Å². The molecule has 0 spiro atoms. The second-order valence-corrected chi connectivity index (χ2v) is 6.75. The fourth-order valence-electron chi connectivity index (χ4n) is 3.60. The third-order valence-corrected chi connectivity index (χ3v) is 5.27. The van der Waals surface area contributed by atoms with Gasteiger partial charge in [0.25, 0.3) is 0 Å². The van der Waals surface area contributed by atoms with Gasteiger partial charge in [0.05, 0.1) is 0 Å². The van der Waals surface area contributed by atoms with Crippen molar-refractivity contribution in [3.63, 3.8) is 0 Å². The molecule has 0 saturated carbocycles. The van der Waals surface area contributed by atoms with Crippen molar-refractivity contribution in [1.82, 2.24) is 15.5 Å². The molecule has 138 valence electrons. The number of carbonyl (C=O) groups is 1. The molecule has 2 fully saturated rings. The number of nitrogens with one attached hydrogen (secondary N) is 2. The fraction of sp³-hybridized carbons (Fsp3) is 0.941. The molecule has 0 aliphatic carbocycles.